The molecule has 1 heterocycles. The second kappa shape index (κ2) is 7.87. The number of hydrogen-bond donors (Lipinski definition) is 2. The van der Waals surface area contributed by atoms with E-state index >= 15 is 0 Å². The Bertz CT molecular complexity index is 708. The highest BCUT2D eigenvalue weighted by Gasteiger charge is 2.19. The lowest BCUT2D eigenvalue weighted by molar-refractivity contribution is 0.0694. The summed E-state index contributed by atoms with van der Waals surface area (Å²) < 4.78 is 5.34. The second-order valence-corrected chi connectivity index (χ2v) is 5.91. The van der Waals surface area contributed by atoms with Crippen LogP contribution in [0.2, 0.25) is 0 Å². The number of hydrogen-bond acceptors (Lipinski definition) is 4. The van der Waals surface area contributed by atoms with E-state index in [2.05, 4.69) is 5.32 Å². The molecule has 2 N–H and O–H groups in total. The van der Waals surface area contributed by atoms with Crippen LogP contribution in [0.25, 0.3) is 0 Å². The Labute approximate surface area is 139 Å². The number of carbonyl (C=O) groups is 2. The molecule has 0 bridgehead atoms. The van der Waals surface area contributed by atoms with Crippen LogP contribution in [0.5, 0.6) is 0 Å². The number of carboxylic acid groups (broad SMARTS) is 1. The Morgan fingerprint density at radius 2 is 2.00 bits per heavy atom. The van der Waals surface area contributed by atoms with Gasteiger partial charge in [-0.25, -0.2) is 4.79 Å². The van der Waals surface area contributed by atoms with Gasteiger partial charge in [0.15, 0.2) is 5.76 Å². The average molecular weight is 333 g/mol. The van der Waals surface area contributed by atoms with Gasteiger partial charge in [-0.2, -0.15) is 11.8 Å². The first-order chi connectivity index (χ1) is 11.0. The lowest BCUT2D eigenvalue weighted by Crippen LogP contribution is -2.22. The van der Waals surface area contributed by atoms with Gasteiger partial charge in [0.1, 0.15) is 11.3 Å². The van der Waals surface area contributed by atoms with Gasteiger partial charge in [-0.1, -0.05) is 31.2 Å². The number of aryl methyl sites for hydroxylation is 1. The number of furan rings is 1. The maximum atomic E-state index is 12.1. The van der Waals surface area contributed by atoms with E-state index in [-0.39, 0.29) is 11.3 Å². The zero-order valence-electron chi connectivity index (χ0n) is 13.1. The van der Waals surface area contributed by atoms with Crippen molar-refractivity contribution in [1.29, 1.82) is 0 Å². The molecule has 0 fully saturated rings. The van der Waals surface area contributed by atoms with Crippen molar-refractivity contribution in [3.63, 3.8) is 0 Å². The molecule has 122 valence electrons. The fourth-order valence-corrected chi connectivity index (χ4v) is 2.76. The van der Waals surface area contributed by atoms with Gasteiger partial charge in [-0.3, -0.25) is 4.79 Å². The van der Waals surface area contributed by atoms with Crippen LogP contribution in [0.15, 0.2) is 34.7 Å². The number of carboxylic acids is 1. The van der Waals surface area contributed by atoms with Crippen molar-refractivity contribution < 1.29 is 19.1 Å². The molecule has 1 aromatic carbocycles. The first-order valence-corrected chi connectivity index (χ1v) is 8.65. The number of benzene rings is 1. The monoisotopic (exact) mass is 333 g/mol. The highest BCUT2D eigenvalue weighted by molar-refractivity contribution is 7.97. The number of amides is 1. The summed E-state index contributed by atoms with van der Waals surface area (Å²) >= 11 is 1.74. The minimum Gasteiger partial charge on any atom is -0.478 e. The number of carbonyl (C=O) groups excluding carboxylic acids is 1. The largest absolute Gasteiger partial charge is 0.478 e. The van der Waals surface area contributed by atoms with Crippen molar-refractivity contribution in [3.8, 4) is 0 Å². The summed E-state index contributed by atoms with van der Waals surface area (Å²) in [5, 5.41) is 11.8. The molecule has 2 aromatic rings. The van der Waals surface area contributed by atoms with Gasteiger partial charge in [-0.15, -0.1) is 0 Å². The van der Waals surface area contributed by atoms with E-state index in [4.69, 9.17) is 9.52 Å². The SMILES string of the molecule is CCc1oc(C(=O)NCc2cccc(CSC)c2)cc1C(=O)O. The van der Waals surface area contributed by atoms with E-state index in [1.165, 1.54) is 11.6 Å². The van der Waals surface area contributed by atoms with Crippen molar-refractivity contribution in [3.05, 3.63) is 58.5 Å². The smallest absolute Gasteiger partial charge is 0.339 e. The maximum absolute atomic E-state index is 12.1. The normalized spacial score (nSPS) is 10.5. The third-order valence-corrected chi connectivity index (χ3v) is 3.96. The molecule has 0 aliphatic heterocycles. The predicted octanol–water partition coefficient (Wildman–Crippen LogP) is 3.33. The molecule has 0 atom stereocenters. The highest BCUT2D eigenvalue weighted by atomic mass is 32.2. The number of thioether (sulfide) groups is 1. The van der Waals surface area contributed by atoms with Gasteiger partial charge >= 0.3 is 5.97 Å². The summed E-state index contributed by atoms with van der Waals surface area (Å²) in [6.45, 7) is 2.15. The molecule has 0 aliphatic rings. The molecule has 0 unspecified atom stereocenters. The first kappa shape index (κ1) is 17.1. The third kappa shape index (κ3) is 4.39. The van der Waals surface area contributed by atoms with Crippen LogP contribution >= 0.6 is 11.8 Å². The van der Waals surface area contributed by atoms with Crippen molar-refractivity contribution in [2.75, 3.05) is 6.26 Å². The van der Waals surface area contributed by atoms with E-state index in [1.54, 1.807) is 18.7 Å². The lowest BCUT2D eigenvalue weighted by Gasteiger charge is -2.05. The summed E-state index contributed by atoms with van der Waals surface area (Å²) in [5.74, 6) is -0.247. The van der Waals surface area contributed by atoms with Crippen molar-refractivity contribution in [1.82, 2.24) is 5.32 Å². The van der Waals surface area contributed by atoms with E-state index in [0.717, 1.165) is 11.3 Å². The standard InChI is InChI=1S/C17H19NO4S/c1-3-14-13(17(20)21)8-15(22-14)16(19)18-9-11-5-4-6-12(7-11)10-23-2/h4-8H,3,9-10H2,1-2H3,(H,18,19)(H,20,21). The number of aromatic carboxylic acids is 1. The Morgan fingerprint density at radius 1 is 1.26 bits per heavy atom. The Balaban J connectivity index is 2.05. The van der Waals surface area contributed by atoms with Crippen molar-refractivity contribution in [2.24, 2.45) is 0 Å². The fourth-order valence-electron chi connectivity index (χ4n) is 2.25. The van der Waals surface area contributed by atoms with Gasteiger partial charge in [0.05, 0.1) is 0 Å². The summed E-state index contributed by atoms with van der Waals surface area (Å²) in [6, 6.07) is 9.25. The van der Waals surface area contributed by atoms with Crippen LogP contribution in [0.4, 0.5) is 0 Å². The van der Waals surface area contributed by atoms with Gasteiger partial charge < -0.3 is 14.8 Å². The molecule has 0 saturated carbocycles. The van der Waals surface area contributed by atoms with Gasteiger partial charge in [0, 0.05) is 24.8 Å². The molecule has 0 radical (unpaired) electrons. The highest BCUT2D eigenvalue weighted by Crippen LogP contribution is 2.17. The average Bonchev–Trinajstić information content (AvgIpc) is 2.98. The van der Waals surface area contributed by atoms with Crippen LogP contribution in [-0.2, 0) is 18.7 Å². The van der Waals surface area contributed by atoms with E-state index in [0.29, 0.717) is 18.7 Å². The summed E-state index contributed by atoms with van der Waals surface area (Å²) in [5.41, 5.74) is 2.23. The topological polar surface area (TPSA) is 79.5 Å². The quantitative estimate of drug-likeness (QED) is 0.812. The molecule has 6 heteroatoms. The van der Waals surface area contributed by atoms with Crippen molar-refractivity contribution in [2.45, 2.75) is 25.6 Å². The lowest BCUT2D eigenvalue weighted by atomic mass is 10.1. The number of nitrogens with one attached hydrogen (secondary N) is 1. The van der Waals surface area contributed by atoms with Gasteiger partial charge in [0.2, 0.25) is 0 Å². The predicted molar refractivity (Wildman–Crippen MR) is 89.9 cm³/mol. The molecule has 2 rings (SSSR count). The summed E-state index contributed by atoms with van der Waals surface area (Å²) in [6.07, 6.45) is 2.46. The molecular weight excluding hydrogens is 314 g/mol. The maximum Gasteiger partial charge on any atom is 0.339 e. The first-order valence-electron chi connectivity index (χ1n) is 7.26. The van der Waals surface area contributed by atoms with E-state index < -0.39 is 11.9 Å². The summed E-state index contributed by atoms with van der Waals surface area (Å²) in [4.78, 5) is 23.2. The zero-order valence-corrected chi connectivity index (χ0v) is 13.9. The fraction of sp³-hybridized carbons (Fsp3) is 0.294. The van der Waals surface area contributed by atoms with Gasteiger partial charge in [-0.05, 0) is 17.4 Å². The minimum atomic E-state index is -1.09. The molecule has 0 saturated heterocycles. The number of rotatable bonds is 7. The Kier molecular flexibility index (Phi) is 5.87. The van der Waals surface area contributed by atoms with Gasteiger partial charge in [0.25, 0.3) is 5.91 Å². The Hall–Kier alpha value is -2.21. The molecule has 23 heavy (non-hydrogen) atoms. The molecule has 5 nitrogen and oxygen atoms in total. The Morgan fingerprint density at radius 3 is 2.61 bits per heavy atom. The second-order valence-electron chi connectivity index (χ2n) is 5.04. The molecule has 0 spiro atoms. The molecule has 0 aliphatic carbocycles. The third-order valence-electron chi connectivity index (χ3n) is 3.34. The molecule has 1 aromatic heterocycles. The van der Waals surface area contributed by atoms with Crippen LogP contribution in [0.3, 0.4) is 0 Å². The van der Waals surface area contributed by atoms with Crippen LogP contribution in [-0.4, -0.2) is 23.2 Å². The molecule has 1 amide bonds. The minimum absolute atomic E-state index is 0.0273. The molecular formula is C17H19NO4S. The van der Waals surface area contributed by atoms with Crippen LogP contribution in [0.1, 0.15) is 44.7 Å². The zero-order chi connectivity index (χ0) is 16.8. The van der Waals surface area contributed by atoms with E-state index in [9.17, 15) is 9.59 Å². The van der Waals surface area contributed by atoms with Crippen LogP contribution < -0.4 is 5.32 Å². The van der Waals surface area contributed by atoms with Crippen molar-refractivity contribution >= 4 is 23.6 Å². The van der Waals surface area contributed by atoms with Crippen LogP contribution in [0, 0.1) is 0 Å². The summed E-state index contributed by atoms with van der Waals surface area (Å²) in [7, 11) is 0. The van der Waals surface area contributed by atoms with E-state index in [1.807, 2.05) is 30.5 Å².